The summed E-state index contributed by atoms with van der Waals surface area (Å²) in [5, 5.41) is 1.17. The van der Waals surface area contributed by atoms with Crippen LogP contribution in [0.5, 0.6) is 0 Å². The van der Waals surface area contributed by atoms with Crippen LogP contribution < -0.4 is 4.72 Å². The molecule has 0 amide bonds. The van der Waals surface area contributed by atoms with E-state index in [0.717, 1.165) is 16.5 Å². The molecule has 9 heteroatoms. The number of aryl methyl sites for hydroxylation is 1. The van der Waals surface area contributed by atoms with Crippen LogP contribution in [0.3, 0.4) is 0 Å². The summed E-state index contributed by atoms with van der Waals surface area (Å²) in [6, 6.07) is 16.6. The van der Waals surface area contributed by atoms with Crippen molar-refractivity contribution in [3.8, 4) is 22.6 Å². The van der Waals surface area contributed by atoms with Gasteiger partial charge in [-0.25, -0.2) is 23.4 Å². The maximum Gasteiger partial charge on any atom is 0.256 e. The lowest BCUT2D eigenvalue weighted by Gasteiger charge is -2.13. The average molecular weight is 464 g/mol. The van der Waals surface area contributed by atoms with E-state index in [-0.39, 0.29) is 16.8 Å². The van der Waals surface area contributed by atoms with Crippen LogP contribution in [-0.2, 0) is 10.0 Å². The topological polar surface area (TPSA) is 97.7 Å². The van der Waals surface area contributed by atoms with E-state index in [1.807, 2.05) is 49.4 Å². The van der Waals surface area contributed by atoms with Gasteiger partial charge in [0.05, 0.1) is 17.2 Å². The first kappa shape index (κ1) is 21.6. The Kier molecular flexibility index (Phi) is 6.25. The summed E-state index contributed by atoms with van der Waals surface area (Å²) in [5.41, 5.74) is 3.21. The fraction of sp³-hybridized carbons (Fsp3) is 0.0435. The van der Waals surface area contributed by atoms with Crippen LogP contribution in [0.4, 0.5) is 5.82 Å². The molecule has 4 rings (SSSR count). The molecule has 1 N–H and O–H groups in total. The average Bonchev–Trinajstić information content (AvgIpc) is 2.80. The van der Waals surface area contributed by atoms with Crippen molar-refractivity contribution in [2.24, 2.45) is 0 Å². The number of halogens is 1. The largest absolute Gasteiger partial charge is 0.263 e. The molecule has 2 aromatic carbocycles. The summed E-state index contributed by atoms with van der Waals surface area (Å²) in [5.74, 6) is 0.205. The van der Waals surface area contributed by atoms with E-state index >= 15 is 0 Å². The van der Waals surface area contributed by atoms with Crippen molar-refractivity contribution in [2.45, 2.75) is 6.92 Å². The highest BCUT2D eigenvalue weighted by atomic mass is 35.5. The number of anilines is 1. The Morgan fingerprint density at radius 1 is 0.969 bits per heavy atom. The number of nitrogens with one attached hydrogen (secondary N) is 1. The van der Waals surface area contributed by atoms with Crippen molar-refractivity contribution >= 4 is 33.5 Å². The second-order valence-corrected chi connectivity index (χ2v) is 8.80. The Bertz CT molecular complexity index is 1360. The van der Waals surface area contributed by atoms with Gasteiger partial charge in [-0.05, 0) is 24.1 Å². The van der Waals surface area contributed by atoms with Crippen LogP contribution in [0.15, 0.2) is 78.6 Å². The zero-order chi connectivity index (χ0) is 22.6. The van der Waals surface area contributed by atoms with Gasteiger partial charge in [0.15, 0.2) is 11.6 Å². The minimum atomic E-state index is -3.90. The van der Waals surface area contributed by atoms with E-state index in [4.69, 9.17) is 11.6 Å². The number of rotatable bonds is 6. The zero-order valence-electron chi connectivity index (χ0n) is 17.0. The third-order valence-corrected chi connectivity index (χ3v) is 5.72. The molecule has 2 aromatic heterocycles. The molecule has 0 radical (unpaired) electrons. The Labute approximate surface area is 191 Å². The summed E-state index contributed by atoms with van der Waals surface area (Å²) in [6.45, 7) is 1.96. The van der Waals surface area contributed by atoms with Crippen LogP contribution in [-0.4, -0.2) is 28.4 Å². The first-order valence-corrected chi connectivity index (χ1v) is 11.5. The summed E-state index contributed by atoms with van der Waals surface area (Å²) in [6.07, 6.45) is 5.99. The molecular weight excluding hydrogens is 446 g/mol. The molecule has 0 saturated carbocycles. The molecule has 0 bridgehead atoms. The predicted octanol–water partition coefficient (Wildman–Crippen LogP) is 4.98. The van der Waals surface area contributed by atoms with Gasteiger partial charge in [-0.3, -0.25) is 9.71 Å². The van der Waals surface area contributed by atoms with Crippen LogP contribution in [0.1, 0.15) is 11.1 Å². The second-order valence-electron chi connectivity index (χ2n) is 6.88. The lowest BCUT2D eigenvalue weighted by Crippen LogP contribution is -2.13. The van der Waals surface area contributed by atoms with Crippen LogP contribution in [0.25, 0.3) is 28.7 Å². The van der Waals surface area contributed by atoms with E-state index in [1.165, 1.54) is 24.7 Å². The normalized spacial score (nSPS) is 11.6. The Hall–Kier alpha value is -3.62. The van der Waals surface area contributed by atoms with Crippen molar-refractivity contribution < 1.29 is 8.42 Å². The van der Waals surface area contributed by atoms with Gasteiger partial charge in [-0.2, -0.15) is 0 Å². The summed E-state index contributed by atoms with van der Waals surface area (Å²) in [4.78, 5) is 16.9. The minimum Gasteiger partial charge on any atom is -0.263 e. The number of hydrogen-bond donors (Lipinski definition) is 1. The Morgan fingerprint density at radius 2 is 1.72 bits per heavy atom. The third kappa shape index (κ3) is 5.16. The summed E-state index contributed by atoms with van der Waals surface area (Å²) >= 11 is 6.51. The second kappa shape index (κ2) is 9.25. The molecule has 2 heterocycles. The molecule has 0 fully saturated rings. The number of sulfonamides is 1. The molecule has 160 valence electrons. The highest BCUT2D eigenvalue weighted by Crippen LogP contribution is 2.35. The molecule has 32 heavy (non-hydrogen) atoms. The van der Waals surface area contributed by atoms with Crippen molar-refractivity contribution in [1.82, 2.24) is 19.9 Å². The quantitative estimate of drug-likeness (QED) is 0.405. The maximum atomic E-state index is 12.8. The lowest BCUT2D eigenvalue weighted by atomic mass is 10.1. The molecular formula is C23H18ClN5O2S. The lowest BCUT2D eigenvalue weighted by molar-refractivity contribution is 0.609. The minimum absolute atomic E-state index is 0.0483. The predicted molar refractivity (Wildman–Crippen MR) is 126 cm³/mol. The van der Waals surface area contributed by atoms with Gasteiger partial charge >= 0.3 is 0 Å². The molecule has 4 aromatic rings. The highest BCUT2D eigenvalue weighted by Gasteiger charge is 2.20. The molecule has 7 nitrogen and oxygen atoms in total. The van der Waals surface area contributed by atoms with E-state index in [0.29, 0.717) is 16.8 Å². The fourth-order valence-corrected chi connectivity index (χ4v) is 4.01. The number of hydrogen-bond acceptors (Lipinski definition) is 6. The molecule has 0 saturated heterocycles. The fourth-order valence-electron chi connectivity index (χ4n) is 2.91. The van der Waals surface area contributed by atoms with Gasteiger partial charge in [-0.1, -0.05) is 71.8 Å². The molecule has 0 aliphatic carbocycles. The molecule has 0 spiro atoms. The maximum absolute atomic E-state index is 12.8. The first-order chi connectivity index (χ1) is 15.4. The van der Waals surface area contributed by atoms with Crippen molar-refractivity contribution in [1.29, 1.82) is 0 Å². The van der Waals surface area contributed by atoms with Crippen molar-refractivity contribution in [2.75, 3.05) is 4.72 Å². The number of nitrogens with zero attached hydrogens (tertiary/aromatic N) is 4. The molecule has 0 atom stereocenters. The Balaban J connectivity index is 1.79. The van der Waals surface area contributed by atoms with E-state index in [1.54, 1.807) is 12.1 Å². The molecule has 0 unspecified atom stereocenters. The standard InChI is InChI=1S/C23H18ClN5O2S/c1-16-7-9-18(10-8-16)20-21(24)27-22(19-15-25-12-13-26-19)28-23(20)29-32(30,31)14-11-17-5-3-2-4-6-17/h2-15H,1H3,(H,27,28,29)/b14-11+. The van der Waals surface area contributed by atoms with Crippen LogP contribution in [0, 0.1) is 6.92 Å². The zero-order valence-corrected chi connectivity index (χ0v) is 18.5. The van der Waals surface area contributed by atoms with Crippen LogP contribution in [0.2, 0.25) is 5.15 Å². The van der Waals surface area contributed by atoms with Gasteiger partial charge in [-0.15, -0.1) is 0 Å². The van der Waals surface area contributed by atoms with E-state index in [2.05, 4.69) is 24.7 Å². The van der Waals surface area contributed by atoms with E-state index < -0.39 is 10.0 Å². The molecule has 0 aliphatic heterocycles. The highest BCUT2D eigenvalue weighted by molar-refractivity contribution is 7.95. The van der Waals surface area contributed by atoms with Crippen molar-refractivity contribution in [3.63, 3.8) is 0 Å². The van der Waals surface area contributed by atoms with Gasteiger partial charge in [0.2, 0.25) is 0 Å². The Morgan fingerprint density at radius 3 is 2.41 bits per heavy atom. The third-order valence-electron chi connectivity index (χ3n) is 4.48. The van der Waals surface area contributed by atoms with E-state index in [9.17, 15) is 8.42 Å². The van der Waals surface area contributed by atoms with Gasteiger partial charge < -0.3 is 0 Å². The molecule has 0 aliphatic rings. The first-order valence-electron chi connectivity index (χ1n) is 9.58. The number of aromatic nitrogens is 4. The summed E-state index contributed by atoms with van der Waals surface area (Å²) in [7, 11) is -3.90. The van der Waals surface area contributed by atoms with Gasteiger partial charge in [0, 0.05) is 12.4 Å². The number of benzene rings is 2. The smallest absolute Gasteiger partial charge is 0.256 e. The summed E-state index contributed by atoms with van der Waals surface area (Å²) < 4.78 is 28.2. The SMILES string of the molecule is Cc1ccc(-c2c(Cl)nc(-c3cnccn3)nc2NS(=O)(=O)/C=C/c2ccccc2)cc1. The van der Waals surface area contributed by atoms with Gasteiger partial charge in [0.1, 0.15) is 10.8 Å². The van der Waals surface area contributed by atoms with Gasteiger partial charge in [0.25, 0.3) is 10.0 Å². The van der Waals surface area contributed by atoms with Crippen molar-refractivity contribution in [3.05, 3.63) is 94.9 Å². The monoisotopic (exact) mass is 463 g/mol. The van der Waals surface area contributed by atoms with Crippen LogP contribution >= 0.6 is 11.6 Å².